The summed E-state index contributed by atoms with van der Waals surface area (Å²) in [5, 5.41) is 17.1. The van der Waals surface area contributed by atoms with Crippen molar-refractivity contribution in [2.75, 3.05) is 0 Å². The molecule has 0 aliphatic heterocycles. The van der Waals surface area contributed by atoms with Crippen LogP contribution in [0.2, 0.25) is 0 Å². The molecule has 0 aromatic heterocycles. The van der Waals surface area contributed by atoms with Crippen LogP contribution in [0.15, 0.2) is 22.6 Å². The summed E-state index contributed by atoms with van der Waals surface area (Å²) in [5.74, 6) is 0.318. The lowest BCUT2D eigenvalue weighted by Crippen LogP contribution is -2.26. The van der Waals surface area contributed by atoms with Gasteiger partial charge >= 0.3 is 0 Å². The Morgan fingerprint density at radius 3 is 2.08 bits per heavy atom. The summed E-state index contributed by atoms with van der Waals surface area (Å²) in [5.41, 5.74) is -0.390. The smallest absolute Gasteiger partial charge is 0.102 e. The molecule has 0 fully saturated rings. The normalized spacial score (nSPS) is 17.8. The first-order valence-corrected chi connectivity index (χ1v) is 4.66. The number of rotatable bonds is 4. The van der Waals surface area contributed by atoms with Gasteiger partial charge in [0.15, 0.2) is 0 Å². The molecule has 0 saturated heterocycles. The lowest BCUT2D eigenvalue weighted by Gasteiger charge is -2.23. The van der Waals surface area contributed by atoms with Crippen molar-refractivity contribution in [2.24, 2.45) is 16.1 Å². The molecule has 13 heavy (non-hydrogen) atoms. The van der Waals surface area contributed by atoms with E-state index >= 15 is 0 Å². The molecular formula is C10H20N2O. The van der Waals surface area contributed by atoms with Crippen LogP contribution in [0.5, 0.6) is 0 Å². The molecule has 1 N–H and O–H groups in total. The van der Waals surface area contributed by atoms with Gasteiger partial charge in [0.05, 0.1) is 12.3 Å². The Kier molecular flexibility index (Phi) is 4.67. The fraction of sp³-hybridized carbons (Fsp3) is 0.800. The lowest BCUT2D eigenvalue weighted by atomic mass is 9.90. The van der Waals surface area contributed by atoms with Crippen molar-refractivity contribution >= 4 is 0 Å². The predicted octanol–water partition coefficient (Wildman–Crippen LogP) is 3.33. The third-order valence-electron chi connectivity index (χ3n) is 2.08. The van der Waals surface area contributed by atoms with Gasteiger partial charge in [-0.15, -0.1) is 0 Å². The molecule has 0 aromatic rings. The van der Waals surface area contributed by atoms with E-state index in [-0.39, 0.29) is 11.6 Å². The maximum atomic E-state index is 8.73. The van der Waals surface area contributed by atoms with Crippen molar-refractivity contribution in [3.05, 3.63) is 12.3 Å². The van der Waals surface area contributed by atoms with E-state index in [9.17, 15) is 0 Å². The quantitative estimate of drug-likeness (QED) is 0.528. The van der Waals surface area contributed by atoms with Gasteiger partial charge in [-0.25, -0.2) is 0 Å². The zero-order valence-electron chi connectivity index (χ0n) is 9.15. The zero-order valence-corrected chi connectivity index (χ0v) is 9.15. The van der Waals surface area contributed by atoms with Gasteiger partial charge in [0.2, 0.25) is 0 Å². The molecule has 0 aromatic carbocycles. The highest BCUT2D eigenvalue weighted by atomic mass is 16.2. The second kappa shape index (κ2) is 5.00. The number of aliphatic hydroxyl groups excluding tert-OH is 1. The van der Waals surface area contributed by atoms with Crippen molar-refractivity contribution in [2.45, 2.75) is 46.2 Å². The van der Waals surface area contributed by atoms with Crippen LogP contribution in [-0.4, -0.2) is 16.7 Å². The molecular weight excluding hydrogens is 164 g/mol. The fourth-order valence-electron chi connectivity index (χ4n) is 0.732. The minimum absolute atomic E-state index is 0.199. The summed E-state index contributed by atoms with van der Waals surface area (Å²) in [6.45, 7) is 10.0. The summed E-state index contributed by atoms with van der Waals surface area (Å²) in [7, 11) is 0. The minimum atomic E-state index is -0.390. The van der Waals surface area contributed by atoms with Gasteiger partial charge in [-0.2, -0.15) is 10.2 Å². The second-order valence-corrected chi connectivity index (χ2v) is 4.01. The second-order valence-electron chi connectivity index (χ2n) is 4.01. The molecule has 76 valence electrons. The molecule has 0 radical (unpaired) electrons. The first-order chi connectivity index (χ1) is 5.92. The maximum Gasteiger partial charge on any atom is 0.102 e. The molecule has 3 nitrogen and oxygen atoms in total. The standard InChI is InChI=1S/C10H20N2O/c1-8(2)10(5,6-7-13)12-11-9(3)4/h6-9,13H,1-5H3/b7-6-,12-11?. The molecule has 1 unspecified atom stereocenters. The molecule has 0 bridgehead atoms. The Morgan fingerprint density at radius 1 is 1.23 bits per heavy atom. The van der Waals surface area contributed by atoms with Gasteiger partial charge < -0.3 is 5.11 Å². The third kappa shape index (κ3) is 4.06. The average molecular weight is 184 g/mol. The monoisotopic (exact) mass is 184 g/mol. The Balaban J connectivity index is 4.60. The van der Waals surface area contributed by atoms with Gasteiger partial charge in [0, 0.05) is 0 Å². The van der Waals surface area contributed by atoms with Crippen LogP contribution in [0.1, 0.15) is 34.6 Å². The first kappa shape index (κ1) is 12.1. The Morgan fingerprint density at radius 2 is 1.77 bits per heavy atom. The van der Waals surface area contributed by atoms with Crippen LogP contribution in [0.25, 0.3) is 0 Å². The Hall–Kier alpha value is -0.860. The van der Waals surface area contributed by atoms with E-state index in [0.29, 0.717) is 5.92 Å². The molecule has 0 amide bonds. The van der Waals surface area contributed by atoms with E-state index in [4.69, 9.17) is 5.11 Å². The Labute approximate surface area is 80.6 Å². The molecule has 0 rings (SSSR count). The SMILES string of the molecule is CC(C)N=NC(C)(/C=C\O)C(C)C. The van der Waals surface area contributed by atoms with E-state index in [1.54, 1.807) is 6.08 Å². The van der Waals surface area contributed by atoms with Crippen molar-refractivity contribution < 1.29 is 5.11 Å². The van der Waals surface area contributed by atoms with E-state index < -0.39 is 0 Å². The average Bonchev–Trinajstić information content (AvgIpc) is 2.01. The van der Waals surface area contributed by atoms with Gasteiger partial charge in [-0.05, 0) is 32.8 Å². The summed E-state index contributed by atoms with van der Waals surface area (Å²) < 4.78 is 0. The summed E-state index contributed by atoms with van der Waals surface area (Å²) in [6, 6.07) is 0.199. The van der Waals surface area contributed by atoms with Crippen molar-refractivity contribution in [3.63, 3.8) is 0 Å². The molecule has 0 saturated carbocycles. The van der Waals surface area contributed by atoms with Crippen LogP contribution in [0.3, 0.4) is 0 Å². The highest BCUT2D eigenvalue weighted by Gasteiger charge is 2.24. The number of nitrogens with zero attached hydrogens (tertiary/aromatic N) is 2. The summed E-state index contributed by atoms with van der Waals surface area (Å²) in [4.78, 5) is 0. The number of azo groups is 1. The summed E-state index contributed by atoms with van der Waals surface area (Å²) in [6.07, 6.45) is 2.71. The van der Waals surface area contributed by atoms with Crippen molar-refractivity contribution in [3.8, 4) is 0 Å². The zero-order chi connectivity index (χ0) is 10.5. The predicted molar refractivity (Wildman–Crippen MR) is 55.0 cm³/mol. The maximum absolute atomic E-state index is 8.73. The van der Waals surface area contributed by atoms with Crippen molar-refractivity contribution in [1.82, 2.24) is 0 Å². The topological polar surface area (TPSA) is 45.0 Å². The van der Waals surface area contributed by atoms with Crippen LogP contribution in [0, 0.1) is 5.92 Å². The summed E-state index contributed by atoms with van der Waals surface area (Å²) >= 11 is 0. The molecule has 0 heterocycles. The minimum Gasteiger partial charge on any atom is -0.516 e. The highest BCUT2D eigenvalue weighted by Crippen LogP contribution is 2.23. The van der Waals surface area contributed by atoms with Crippen LogP contribution < -0.4 is 0 Å². The highest BCUT2D eigenvalue weighted by molar-refractivity contribution is 5.02. The van der Waals surface area contributed by atoms with E-state index in [1.807, 2.05) is 20.8 Å². The van der Waals surface area contributed by atoms with E-state index in [1.165, 1.54) is 0 Å². The van der Waals surface area contributed by atoms with Gasteiger partial charge in [-0.3, -0.25) is 0 Å². The van der Waals surface area contributed by atoms with Gasteiger partial charge in [0.25, 0.3) is 0 Å². The molecule has 0 aliphatic rings. The third-order valence-corrected chi connectivity index (χ3v) is 2.08. The largest absolute Gasteiger partial charge is 0.516 e. The number of hydrogen-bond donors (Lipinski definition) is 1. The van der Waals surface area contributed by atoms with E-state index in [2.05, 4.69) is 24.1 Å². The first-order valence-electron chi connectivity index (χ1n) is 4.66. The molecule has 0 aliphatic carbocycles. The van der Waals surface area contributed by atoms with E-state index in [0.717, 1.165) is 6.26 Å². The van der Waals surface area contributed by atoms with Crippen LogP contribution in [0.4, 0.5) is 0 Å². The van der Waals surface area contributed by atoms with Crippen LogP contribution >= 0.6 is 0 Å². The molecule has 0 spiro atoms. The van der Waals surface area contributed by atoms with Crippen molar-refractivity contribution in [1.29, 1.82) is 0 Å². The lowest BCUT2D eigenvalue weighted by molar-refractivity contribution is 0.379. The fourth-order valence-corrected chi connectivity index (χ4v) is 0.732. The number of hydrogen-bond acceptors (Lipinski definition) is 3. The Bertz CT molecular complexity index is 197. The molecule has 1 atom stereocenters. The molecule has 3 heteroatoms. The van der Waals surface area contributed by atoms with Gasteiger partial charge in [-0.1, -0.05) is 13.8 Å². The number of aliphatic hydroxyl groups is 1. The van der Waals surface area contributed by atoms with Gasteiger partial charge in [0.1, 0.15) is 5.54 Å². The van der Waals surface area contributed by atoms with Crippen LogP contribution in [-0.2, 0) is 0 Å².